The number of aliphatic carboxylic acids is 1. The minimum absolute atomic E-state index is 0.183. The maximum absolute atomic E-state index is 13.3. The first kappa shape index (κ1) is 75.9. The second-order valence-electron chi connectivity index (χ2n) is 30.3. The zero-order valence-corrected chi connectivity index (χ0v) is 61.0. The van der Waals surface area contributed by atoms with Crippen molar-refractivity contribution in [3.05, 3.63) is 232 Å². The van der Waals surface area contributed by atoms with Crippen molar-refractivity contribution in [3.63, 3.8) is 0 Å². The van der Waals surface area contributed by atoms with E-state index in [0.717, 1.165) is 125 Å². The number of rotatable bonds is 23. The smallest absolute Gasteiger partial charge is 0.410 e. The van der Waals surface area contributed by atoms with Crippen LogP contribution in [-0.2, 0) is 53.2 Å². The van der Waals surface area contributed by atoms with Crippen LogP contribution in [0.25, 0.3) is 18.2 Å². The summed E-state index contributed by atoms with van der Waals surface area (Å²) in [5.41, 5.74) is 14.3. The van der Waals surface area contributed by atoms with E-state index in [1.807, 2.05) is 82.8 Å². The Morgan fingerprint density at radius 1 is 0.441 bits per heavy atom. The lowest BCUT2D eigenvalue weighted by molar-refractivity contribution is -0.131. The zero-order chi connectivity index (χ0) is 72.2. The lowest BCUT2D eigenvalue weighted by atomic mass is 9.90. The van der Waals surface area contributed by atoms with Crippen molar-refractivity contribution in [1.82, 2.24) is 35.5 Å². The molecule has 0 spiro atoms. The monoisotopic (exact) mass is 1390 g/mol. The van der Waals surface area contributed by atoms with Crippen LogP contribution in [0, 0.1) is 11.8 Å². The van der Waals surface area contributed by atoms with Gasteiger partial charge in [-0.25, -0.2) is 25.3 Å². The number of amides is 4. The number of hydroxylamine groups is 2. The molecule has 17 heteroatoms. The summed E-state index contributed by atoms with van der Waals surface area (Å²) in [6, 6.07) is 57.5. The van der Waals surface area contributed by atoms with Crippen LogP contribution in [0.15, 0.2) is 182 Å². The van der Waals surface area contributed by atoms with E-state index in [9.17, 15) is 24.0 Å². The number of hydrogen-bond donors (Lipinski definition) is 3. The summed E-state index contributed by atoms with van der Waals surface area (Å²) >= 11 is 0. The summed E-state index contributed by atoms with van der Waals surface area (Å²) < 4.78 is 11.7. The number of hydrogen-bond acceptors (Lipinski definition) is 12. The quantitative estimate of drug-likeness (QED) is 0.0407. The maximum atomic E-state index is 13.3. The van der Waals surface area contributed by atoms with Gasteiger partial charge < -0.3 is 24.4 Å². The molecule has 3 aliphatic carbocycles. The number of piperidine rings is 3. The predicted octanol–water partition coefficient (Wildman–Crippen LogP) is 15.5. The van der Waals surface area contributed by atoms with Crippen LogP contribution in [0.1, 0.15) is 174 Å². The van der Waals surface area contributed by atoms with Crippen molar-refractivity contribution < 1.29 is 48.2 Å². The molecule has 3 saturated heterocycles. The van der Waals surface area contributed by atoms with Gasteiger partial charge in [0.2, 0.25) is 0 Å². The molecule has 0 bridgehead atoms. The third kappa shape index (κ3) is 23.9. The molecule has 102 heavy (non-hydrogen) atoms. The molecule has 0 aromatic heterocycles. The van der Waals surface area contributed by atoms with Gasteiger partial charge in [-0.1, -0.05) is 164 Å². The normalized spacial score (nSPS) is 21.3. The first-order chi connectivity index (χ1) is 49.1. The molecule has 6 fully saturated rings. The lowest BCUT2D eigenvalue weighted by Crippen LogP contribution is -2.50. The zero-order valence-electron chi connectivity index (χ0n) is 61.0. The number of nitrogens with zero attached hydrogens (tertiary/aromatic N) is 5. The molecule has 0 unspecified atom stereocenters. The van der Waals surface area contributed by atoms with Crippen molar-refractivity contribution in [2.45, 2.75) is 179 Å². The second kappa shape index (κ2) is 36.4. The summed E-state index contributed by atoms with van der Waals surface area (Å²) in [7, 11) is 2.84. The number of carboxylic acids is 1. The van der Waals surface area contributed by atoms with Gasteiger partial charge in [-0.3, -0.25) is 34.0 Å². The lowest BCUT2D eigenvalue weighted by Gasteiger charge is -2.39. The number of carboxylic acid groups (broad SMARTS) is 1. The number of benzene rings is 6. The van der Waals surface area contributed by atoms with Crippen LogP contribution < -0.4 is 11.0 Å². The van der Waals surface area contributed by atoms with E-state index < -0.39 is 17.2 Å². The molecule has 4 amide bonds. The van der Waals surface area contributed by atoms with Crippen LogP contribution in [0.3, 0.4) is 0 Å². The van der Waals surface area contributed by atoms with E-state index >= 15 is 0 Å². The average Bonchev–Trinajstić information content (AvgIpc) is 1.63. The van der Waals surface area contributed by atoms with Gasteiger partial charge in [0, 0.05) is 100 Å². The van der Waals surface area contributed by atoms with Crippen molar-refractivity contribution in [1.29, 1.82) is 0 Å². The summed E-state index contributed by atoms with van der Waals surface area (Å²) in [5, 5.41) is 8.78. The fraction of sp³-hybridized carbons (Fsp3) is 0.447. The molecule has 0 radical (unpaired) electrons. The number of ether oxygens (including phenoxy) is 2. The Kier molecular flexibility index (Phi) is 27.1. The average molecular weight is 1390 g/mol. The predicted molar refractivity (Wildman–Crippen MR) is 402 cm³/mol. The van der Waals surface area contributed by atoms with Gasteiger partial charge in [-0.2, -0.15) is 0 Å². The fourth-order valence-electron chi connectivity index (χ4n) is 14.7. The van der Waals surface area contributed by atoms with E-state index in [1.165, 1.54) is 98.5 Å². The Morgan fingerprint density at radius 2 is 0.765 bits per heavy atom. The van der Waals surface area contributed by atoms with Gasteiger partial charge in [0.15, 0.2) is 0 Å². The van der Waals surface area contributed by atoms with E-state index in [4.69, 9.17) is 14.6 Å². The van der Waals surface area contributed by atoms with Crippen molar-refractivity contribution in [2.24, 2.45) is 11.8 Å². The Balaban J connectivity index is 0.000000166. The summed E-state index contributed by atoms with van der Waals surface area (Å²) in [6.45, 7) is 20.4. The molecule has 6 aromatic rings. The second-order valence-corrected chi connectivity index (χ2v) is 30.3. The van der Waals surface area contributed by atoms with Crippen LogP contribution >= 0.6 is 0 Å². The van der Waals surface area contributed by atoms with Crippen molar-refractivity contribution in [3.8, 4) is 0 Å². The van der Waals surface area contributed by atoms with Crippen molar-refractivity contribution >= 4 is 48.2 Å². The highest BCUT2D eigenvalue weighted by Gasteiger charge is 2.50. The van der Waals surface area contributed by atoms with E-state index in [0.29, 0.717) is 11.8 Å². The van der Waals surface area contributed by atoms with Gasteiger partial charge in [0.05, 0.1) is 14.2 Å². The van der Waals surface area contributed by atoms with E-state index in [2.05, 4.69) is 168 Å². The Bertz CT molecular complexity index is 3720. The number of nitrogens with one attached hydrogen (secondary N) is 2. The maximum Gasteiger partial charge on any atom is 0.410 e. The molecule has 542 valence electrons. The molecule has 3 saturated carbocycles. The molecule has 6 aliphatic rings. The molecule has 6 atom stereocenters. The van der Waals surface area contributed by atoms with Gasteiger partial charge in [-0.05, 0) is 205 Å². The van der Waals surface area contributed by atoms with Gasteiger partial charge in [0.1, 0.15) is 11.2 Å². The van der Waals surface area contributed by atoms with Gasteiger partial charge in [0.25, 0.3) is 11.8 Å². The van der Waals surface area contributed by atoms with Crippen LogP contribution in [-0.4, -0.2) is 148 Å². The third-order valence-corrected chi connectivity index (χ3v) is 20.1. The highest BCUT2D eigenvalue weighted by molar-refractivity contribution is 5.91. The van der Waals surface area contributed by atoms with E-state index in [-0.39, 0.29) is 48.2 Å². The highest BCUT2D eigenvalue weighted by atomic mass is 16.6. The van der Waals surface area contributed by atoms with Crippen molar-refractivity contribution in [2.75, 3.05) is 53.5 Å². The molecule has 17 nitrogen and oxygen atoms in total. The minimum Gasteiger partial charge on any atom is -0.478 e. The first-order valence-electron chi connectivity index (χ1n) is 36.7. The summed E-state index contributed by atoms with van der Waals surface area (Å²) in [4.78, 5) is 80.9. The van der Waals surface area contributed by atoms with E-state index in [1.54, 1.807) is 18.2 Å². The summed E-state index contributed by atoms with van der Waals surface area (Å²) in [5.74, 6) is 1.90. The molecule has 3 N–H and O–H groups in total. The topological polar surface area (TPSA) is 183 Å². The first-order valence-corrected chi connectivity index (χ1v) is 36.7. The molecule has 12 rings (SSSR count). The number of carbonyl (C=O) groups excluding carboxylic acids is 4. The Hall–Kier alpha value is -8.71. The fourth-order valence-corrected chi connectivity index (χ4v) is 14.7. The molecular formula is C85H107N7O10. The Labute approximate surface area is 604 Å². The highest BCUT2D eigenvalue weighted by Crippen LogP contribution is 2.52. The SMILES string of the molecule is CC(C)(C)OC(=O)N(C1CCN(Cc2ccc(/C=C/C(=O)O)cc2)CC1)[C@@H]1C[C@H]1c1ccccc1.CONC(=O)/C=C/c1ccc(CN2CCC(C[C@@H]3C[C@H]3c3ccccc3)CC2)cc1.CONC(=O)/C=C/c1ccc(CN2CCC(N(C(=O)OC(C)(C)C)[C@@H]3C[C@H]3c3ccccc3)CC2)cc1. The van der Waals surface area contributed by atoms with Crippen LogP contribution in [0.2, 0.25) is 0 Å². The van der Waals surface area contributed by atoms with Crippen LogP contribution in [0.5, 0.6) is 0 Å². The van der Waals surface area contributed by atoms with Gasteiger partial charge >= 0.3 is 18.2 Å². The van der Waals surface area contributed by atoms with Gasteiger partial charge in [-0.15, -0.1) is 0 Å². The molecular weight excluding hydrogens is 1280 g/mol. The standard InChI is InChI=1S/C30H39N3O4.C29H36N2O4.C26H32N2O2/c1-30(2,3)37-29(35)33(27-20-26(27)24-8-6-5-7-9-24)25-16-18-32(19-17-25)21-23-12-10-22(11-13-23)14-15-28(34)31-36-4;1-29(2,3)35-28(34)31(26-19-25(26)23-7-5-4-6-8-23)24-15-17-30(18-16-24)20-22-11-9-21(10-12-22)13-14-27(32)33;1-30-27-26(29)12-11-20-7-9-22(10-8-20)19-28-15-13-21(14-16-28)17-24-18-25(24)23-5-3-2-4-6-23/h5-15,25-27H,16-21H2,1-4H3,(H,31,34);4-14,24-26H,15-20H2,1-3H3,(H,32,33);2-12,21,24-25H,13-19H2,1H3,(H,27,29)/b15-14+;14-13+;12-11+/t26-,27+;25-,26+;24-,25+/m001/s1. The van der Waals surface area contributed by atoms with Crippen LogP contribution in [0.4, 0.5) is 9.59 Å². The third-order valence-electron chi connectivity index (χ3n) is 20.1. The Morgan fingerprint density at radius 3 is 1.09 bits per heavy atom. The molecule has 3 heterocycles. The summed E-state index contributed by atoms with van der Waals surface area (Å²) in [6.07, 6.45) is 20.0. The largest absolute Gasteiger partial charge is 0.478 e. The molecule has 6 aromatic carbocycles. The number of likely N-dealkylation sites (tertiary alicyclic amines) is 3. The molecule has 3 aliphatic heterocycles. The minimum atomic E-state index is -0.946. The number of carbonyl (C=O) groups is 5.